The van der Waals surface area contributed by atoms with Crippen molar-refractivity contribution >= 4 is 11.8 Å². The average Bonchev–Trinajstić information content (AvgIpc) is 2.94. The van der Waals surface area contributed by atoms with Crippen LogP contribution in [0.2, 0.25) is 0 Å². The standard InChI is InChI=1S/C16H24N2O3/c19-14-12-4-5-13(21-12)15(20)18(14)11-6-9-17-16(10-11)7-2-1-3-8-16/h11-13,17H,1-10H2. The summed E-state index contributed by atoms with van der Waals surface area (Å²) in [6.07, 6.45) is 8.73. The second-order valence-corrected chi connectivity index (χ2v) is 7.15. The van der Waals surface area contributed by atoms with Crippen LogP contribution in [0.1, 0.15) is 57.8 Å². The summed E-state index contributed by atoms with van der Waals surface area (Å²) in [6.45, 7) is 0.915. The molecule has 1 N–H and O–H groups in total. The molecule has 2 bridgehead atoms. The minimum atomic E-state index is -0.357. The summed E-state index contributed by atoms with van der Waals surface area (Å²) >= 11 is 0. The highest BCUT2D eigenvalue weighted by molar-refractivity contribution is 6.02. The first-order chi connectivity index (χ1) is 10.2. The monoisotopic (exact) mass is 292 g/mol. The minimum Gasteiger partial charge on any atom is -0.355 e. The van der Waals surface area contributed by atoms with Gasteiger partial charge in [0, 0.05) is 11.6 Å². The Labute approximate surface area is 125 Å². The van der Waals surface area contributed by atoms with Crippen molar-refractivity contribution in [3.05, 3.63) is 0 Å². The number of carbonyl (C=O) groups excluding carboxylic acids is 2. The minimum absolute atomic E-state index is 0.0772. The molecule has 0 aromatic carbocycles. The van der Waals surface area contributed by atoms with Crippen LogP contribution in [0, 0.1) is 0 Å². The molecule has 3 aliphatic heterocycles. The Morgan fingerprint density at radius 1 is 1.00 bits per heavy atom. The maximum absolute atomic E-state index is 12.5. The van der Waals surface area contributed by atoms with Crippen LogP contribution in [0.4, 0.5) is 0 Å². The van der Waals surface area contributed by atoms with Gasteiger partial charge in [-0.2, -0.15) is 0 Å². The molecule has 4 aliphatic rings. The molecule has 2 amide bonds. The summed E-state index contributed by atoms with van der Waals surface area (Å²) in [4.78, 5) is 26.6. The van der Waals surface area contributed by atoms with Crippen molar-refractivity contribution < 1.29 is 14.3 Å². The second-order valence-electron chi connectivity index (χ2n) is 7.15. The van der Waals surface area contributed by atoms with E-state index in [4.69, 9.17) is 4.74 Å². The molecule has 3 saturated heterocycles. The first-order valence-corrected chi connectivity index (χ1v) is 8.46. The zero-order valence-corrected chi connectivity index (χ0v) is 12.5. The highest BCUT2D eigenvalue weighted by Crippen LogP contribution is 2.38. The molecule has 3 atom stereocenters. The third-order valence-electron chi connectivity index (χ3n) is 5.83. The highest BCUT2D eigenvalue weighted by atomic mass is 16.5. The van der Waals surface area contributed by atoms with Crippen molar-refractivity contribution in [2.75, 3.05) is 6.54 Å². The summed E-state index contributed by atoms with van der Waals surface area (Å²) in [5.74, 6) is -0.154. The van der Waals surface area contributed by atoms with Crippen LogP contribution in [0.5, 0.6) is 0 Å². The first kappa shape index (κ1) is 13.7. The van der Waals surface area contributed by atoms with Crippen LogP contribution in [0.15, 0.2) is 0 Å². The molecule has 1 spiro atoms. The predicted octanol–water partition coefficient (Wildman–Crippen LogP) is 1.36. The molecule has 0 aromatic heterocycles. The summed E-state index contributed by atoms with van der Waals surface area (Å²) in [5, 5.41) is 3.69. The van der Waals surface area contributed by atoms with E-state index < -0.39 is 0 Å². The Balaban J connectivity index is 1.55. The number of ether oxygens (including phenoxy) is 1. The molecule has 21 heavy (non-hydrogen) atoms. The van der Waals surface area contributed by atoms with Crippen molar-refractivity contribution in [2.45, 2.75) is 81.6 Å². The Hall–Kier alpha value is -0.940. The van der Waals surface area contributed by atoms with Crippen LogP contribution < -0.4 is 5.32 Å². The lowest BCUT2D eigenvalue weighted by Gasteiger charge is -2.48. The maximum atomic E-state index is 12.5. The maximum Gasteiger partial charge on any atom is 0.258 e. The number of nitrogens with one attached hydrogen (secondary N) is 1. The molecule has 4 rings (SSSR count). The Kier molecular flexibility index (Phi) is 3.30. The number of nitrogens with zero attached hydrogens (tertiary/aromatic N) is 1. The molecule has 116 valence electrons. The number of rotatable bonds is 1. The molecule has 1 saturated carbocycles. The molecular weight excluding hydrogens is 268 g/mol. The average molecular weight is 292 g/mol. The van der Waals surface area contributed by atoms with Crippen molar-refractivity contribution in [3.63, 3.8) is 0 Å². The zero-order chi connectivity index (χ0) is 14.4. The Morgan fingerprint density at radius 2 is 1.67 bits per heavy atom. The summed E-state index contributed by atoms with van der Waals surface area (Å²) in [5.41, 5.74) is 0.166. The number of likely N-dealkylation sites (tertiary alicyclic amines) is 1. The molecule has 0 radical (unpaired) electrons. The number of hydrogen-bond donors (Lipinski definition) is 1. The topological polar surface area (TPSA) is 58.6 Å². The van der Waals surface area contributed by atoms with E-state index in [0.29, 0.717) is 12.8 Å². The van der Waals surface area contributed by atoms with Crippen LogP contribution in [-0.2, 0) is 14.3 Å². The Bertz CT molecular complexity index is 431. The van der Waals surface area contributed by atoms with Crippen LogP contribution in [-0.4, -0.2) is 47.0 Å². The van der Waals surface area contributed by atoms with E-state index in [2.05, 4.69) is 5.32 Å². The van der Waals surface area contributed by atoms with Gasteiger partial charge >= 0.3 is 0 Å². The molecule has 5 nitrogen and oxygen atoms in total. The smallest absolute Gasteiger partial charge is 0.258 e. The van der Waals surface area contributed by atoms with Gasteiger partial charge in [-0.05, 0) is 45.1 Å². The van der Waals surface area contributed by atoms with Crippen LogP contribution >= 0.6 is 0 Å². The van der Waals surface area contributed by atoms with Gasteiger partial charge in [0.1, 0.15) is 12.2 Å². The number of fused-ring (bicyclic) bond motifs is 2. The lowest BCUT2D eigenvalue weighted by atomic mass is 9.74. The normalized spacial score (nSPS) is 39.0. The lowest BCUT2D eigenvalue weighted by Crippen LogP contribution is -2.62. The van der Waals surface area contributed by atoms with E-state index in [1.807, 2.05) is 0 Å². The lowest BCUT2D eigenvalue weighted by molar-refractivity contribution is -0.173. The molecule has 0 aromatic rings. The van der Waals surface area contributed by atoms with Crippen molar-refractivity contribution in [1.82, 2.24) is 10.2 Å². The van der Waals surface area contributed by atoms with E-state index >= 15 is 0 Å². The molecule has 5 heteroatoms. The Morgan fingerprint density at radius 3 is 2.33 bits per heavy atom. The number of amides is 2. The SMILES string of the molecule is O=C1C2CCC(O2)C(=O)N1C1CCNC2(CCCCC2)C1. The third-order valence-corrected chi connectivity index (χ3v) is 5.83. The number of hydrogen-bond acceptors (Lipinski definition) is 4. The third kappa shape index (κ3) is 2.21. The van der Waals surface area contributed by atoms with Gasteiger partial charge in [-0.25, -0.2) is 0 Å². The zero-order valence-electron chi connectivity index (χ0n) is 12.5. The fraction of sp³-hybridized carbons (Fsp3) is 0.875. The fourth-order valence-corrected chi connectivity index (χ4v) is 4.74. The van der Waals surface area contributed by atoms with Gasteiger partial charge in [-0.1, -0.05) is 19.3 Å². The molecule has 4 fully saturated rings. The van der Waals surface area contributed by atoms with Gasteiger partial charge in [0.25, 0.3) is 11.8 Å². The van der Waals surface area contributed by atoms with Crippen LogP contribution in [0.25, 0.3) is 0 Å². The van der Waals surface area contributed by atoms with Gasteiger partial charge in [-0.15, -0.1) is 0 Å². The van der Waals surface area contributed by atoms with Crippen LogP contribution in [0.3, 0.4) is 0 Å². The quantitative estimate of drug-likeness (QED) is 0.741. The number of imide groups is 1. The number of piperidine rings is 1. The summed E-state index contributed by atoms with van der Waals surface area (Å²) in [6, 6.07) is 0.0800. The highest BCUT2D eigenvalue weighted by Gasteiger charge is 2.50. The van der Waals surface area contributed by atoms with Crippen molar-refractivity contribution in [1.29, 1.82) is 0 Å². The fourth-order valence-electron chi connectivity index (χ4n) is 4.74. The second kappa shape index (κ2) is 5.06. The summed E-state index contributed by atoms with van der Waals surface area (Å²) < 4.78 is 5.52. The molecule has 1 aliphatic carbocycles. The summed E-state index contributed by atoms with van der Waals surface area (Å²) in [7, 11) is 0. The number of morpholine rings is 1. The van der Waals surface area contributed by atoms with Crippen molar-refractivity contribution in [3.8, 4) is 0 Å². The first-order valence-electron chi connectivity index (χ1n) is 8.46. The number of carbonyl (C=O) groups is 2. The van der Waals surface area contributed by atoms with Gasteiger partial charge in [0.2, 0.25) is 0 Å². The van der Waals surface area contributed by atoms with Gasteiger partial charge < -0.3 is 10.1 Å². The van der Waals surface area contributed by atoms with Gasteiger partial charge in [-0.3, -0.25) is 14.5 Å². The largest absolute Gasteiger partial charge is 0.355 e. The van der Waals surface area contributed by atoms with E-state index in [1.165, 1.54) is 32.1 Å². The van der Waals surface area contributed by atoms with Gasteiger partial charge in [0.15, 0.2) is 0 Å². The van der Waals surface area contributed by atoms with Crippen molar-refractivity contribution in [2.24, 2.45) is 0 Å². The molecule has 3 heterocycles. The van der Waals surface area contributed by atoms with E-state index in [0.717, 1.165) is 19.4 Å². The molecule has 3 unspecified atom stereocenters. The predicted molar refractivity (Wildman–Crippen MR) is 76.6 cm³/mol. The van der Waals surface area contributed by atoms with E-state index in [-0.39, 0.29) is 35.6 Å². The van der Waals surface area contributed by atoms with E-state index in [9.17, 15) is 9.59 Å². The molecular formula is C16H24N2O3. The van der Waals surface area contributed by atoms with Gasteiger partial charge in [0.05, 0.1) is 0 Å². The van der Waals surface area contributed by atoms with E-state index in [1.54, 1.807) is 4.90 Å².